The number of halogens is 2. The minimum Gasteiger partial charge on any atom is -0.322 e. The molecule has 1 amide bonds. The highest BCUT2D eigenvalue weighted by molar-refractivity contribution is 6.33. The molecule has 7 nitrogen and oxygen atoms in total. The van der Waals surface area contributed by atoms with E-state index < -0.39 is 5.82 Å². The maximum Gasteiger partial charge on any atom is 0.228 e. The zero-order valence-corrected chi connectivity index (χ0v) is 21.7. The molecule has 1 aliphatic carbocycles. The number of hydrogen-bond acceptors (Lipinski definition) is 5. The van der Waals surface area contributed by atoms with E-state index in [9.17, 15) is 9.59 Å². The lowest BCUT2D eigenvalue weighted by molar-refractivity contribution is -0.123. The van der Waals surface area contributed by atoms with Gasteiger partial charge in [-0.25, -0.2) is 14.4 Å². The third-order valence-corrected chi connectivity index (χ3v) is 8.01. The number of amides is 1. The summed E-state index contributed by atoms with van der Waals surface area (Å²) in [5, 5.41) is 12.0. The molecule has 1 aliphatic heterocycles. The number of benzene rings is 1. The summed E-state index contributed by atoms with van der Waals surface area (Å²) in [7, 11) is 0. The molecule has 0 saturated heterocycles. The zero-order valence-electron chi connectivity index (χ0n) is 21.0. The molecular weight excluding hydrogens is 493 g/mol. The maximum atomic E-state index is 15.2. The maximum absolute atomic E-state index is 15.2. The number of aryl methyl sites for hydroxylation is 1. The van der Waals surface area contributed by atoms with Gasteiger partial charge in [0.05, 0.1) is 23.0 Å². The molecule has 0 spiro atoms. The average Bonchev–Trinajstić information content (AvgIpc) is 3.38. The Labute approximate surface area is 220 Å². The van der Waals surface area contributed by atoms with Crippen molar-refractivity contribution < 1.29 is 14.0 Å². The number of Topliss-reactive ketones (excluding diaryl/α,β-unsaturated/α-hetero) is 1. The van der Waals surface area contributed by atoms with E-state index in [0.29, 0.717) is 40.3 Å². The SMILES string of the molecule is CC1(C)CCc2nc3c(F)cc(-c4cc(NC(=O)[C@H]5CCC[C@@H](CC(=O)CC#N)C5)ncc4Cl)cc3n21. The van der Waals surface area contributed by atoms with E-state index in [2.05, 4.69) is 33.7 Å². The second-order valence-electron chi connectivity index (χ2n) is 10.8. The van der Waals surface area contributed by atoms with Gasteiger partial charge < -0.3 is 9.88 Å². The van der Waals surface area contributed by atoms with Crippen LogP contribution in [0.25, 0.3) is 22.2 Å². The number of carbonyl (C=O) groups excluding carboxylic acids is 2. The van der Waals surface area contributed by atoms with Gasteiger partial charge in [-0.15, -0.1) is 0 Å². The number of fused-ring (bicyclic) bond motifs is 3. The lowest BCUT2D eigenvalue weighted by Gasteiger charge is -2.27. The Morgan fingerprint density at radius 1 is 1.30 bits per heavy atom. The van der Waals surface area contributed by atoms with Gasteiger partial charge in [-0.05, 0) is 69.2 Å². The predicted molar refractivity (Wildman–Crippen MR) is 140 cm³/mol. The summed E-state index contributed by atoms with van der Waals surface area (Å²) in [5.41, 5.74) is 2.08. The Hall–Kier alpha value is -3.31. The van der Waals surface area contributed by atoms with E-state index in [0.717, 1.165) is 43.4 Å². The van der Waals surface area contributed by atoms with Crippen molar-refractivity contribution in [3.8, 4) is 17.2 Å². The number of nitrogens with one attached hydrogen (secondary N) is 1. The van der Waals surface area contributed by atoms with Gasteiger partial charge in [0.1, 0.15) is 22.9 Å². The first-order valence-electron chi connectivity index (χ1n) is 12.7. The van der Waals surface area contributed by atoms with E-state index >= 15 is 4.39 Å². The van der Waals surface area contributed by atoms with Crippen molar-refractivity contribution in [2.75, 3.05) is 5.32 Å². The van der Waals surface area contributed by atoms with Crippen LogP contribution in [0.4, 0.5) is 10.2 Å². The Bertz CT molecular complexity index is 1440. The summed E-state index contributed by atoms with van der Waals surface area (Å²) in [5.74, 6) is 0.443. The molecule has 2 atom stereocenters. The molecule has 1 N–H and O–H groups in total. The standard InChI is InChI=1S/C28H29ClFN5O2/c1-28(2)8-6-25-34-26-22(30)12-18(13-23(26)35(25)28)20-14-24(32-15-21(20)29)33-27(37)17-5-3-4-16(10-17)11-19(36)7-9-31/h12-17H,3-8,10-11H2,1-2H3,(H,32,33,37)/t16-,17+/m1/s1. The Balaban J connectivity index is 1.38. The second-order valence-corrected chi connectivity index (χ2v) is 11.3. The number of nitrogens with zero attached hydrogens (tertiary/aromatic N) is 4. The number of nitriles is 1. The van der Waals surface area contributed by atoms with Gasteiger partial charge in [0.15, 0.2) is 5.82 Å². The largest absolute Gasteiger partial charge is 0.322 e. The first kappa shape index (κ1) is 25.3. The van der Waals surface area contributed by atoms with Crippen LogP contribution in [0.2, 0.25) is 5.02 Å². The van der Waals surface area contributed by atoms with Gasteiger partial charge in [-0.3, -0.25) is 9.59 Å². The Kier molecular flexibility index (Phi) is 6.76. The van der Waals surface area contributed by atoms with Gasteiger partial charge in [0.2, 0.25) is 5.91 Å². The molecule has 3 heterocycles. The molecular formula is C28H29ClFN5O2. The molecule has 0 bridgehead atoms. The quantitative estimate of drug-likeness (QED) is 0.417. The van der Waals surface area contributed by atoms with Gasteiger partial charge in [-0.2, -0.15) is 5.26 Å². The molecule has 5 rings (SSSR count). The number of rotatable bonds is 6. The zero-order chi connectivity index (χ0) is 26.3. The van der Waals surface area contributed by atoms with Crippen molar-refractivity contribution in [3.05, 3.63) is 41.1 Å². The normalized spacial score (nSPS) is 20.4. The van der Waals surface area contributed by atoms with E-state index in [-0.39, 0.29) is 35.5 Å². The molecule has 1 aromatic carbocycles. The lowest BCUT2D eigenvalue weighted by Crippen LogP contribution is -2.29. The van der Waals surface area contributed by atoms with Crippen LogP contribution in [0, 0.1) is 29.0 Å². The van der Waals surface area contributed by atoms with Gasteiger partial charge in [0.25, 0.3) is 0 Å². The number of hydrogen-bond donors (Lipinski definition) is 1. The lowest BCUT2D eigenvalue weighted by atomic mass is 9.78. The summed E-state index contributed by atoms with van der Waals surface area (Å²) in [6.45, 7) is 4.25. The van der Waals surface area contributed by atoms with Crippen LogP contribution in [0.15, 0.2) is 24.4 Å². The first-order chi connectivity index (χ1) is 17.7. The average molecular weight is 522 g/mol. The number of aromatic nitrogens is 3. The van der Waals surface area contributed by atoms with Crippen LogP contribution in [0.3, 0.4) is 0 Å². The minimum atomic E-state index is -0.414. The first-order valence-corrected chi connectivity index (χ1v) is 13.1. The van der Waals surface area contributed by atoms with Crippen LogP contribution in [-0.2, 0) is 21.5 Å². The van der Waals surface area contributed by atoms with Crippen molar-refractivity contribution in [3.63, 3.8) is 0 Å². The highest BCUT2D eigenvalue weighted by Gasteiger charge is 2.33. The van der Waals surface area contributed by atoms with Crippen molar-refractivity contribution in [1.82, 2.24) is 14.5 Å². The number of imidazole rings is 1. The van der Waals surface area contributed by atoms with Crippen molar-refractivity contribution in [1.29, 1.82) is 5.26 Å². The van der Waals surface area contributed by atoms with Gasteiger partial charge in [-0.1, -0.05) is 18.0 Å². The molecule has 2 aromatic heterocycles. The fourth-order valence-electron chi connectivity index (χ4n) is 5.87. The van der Waals surface area contributed by atoms with E-state index in [4.69, 9.17) is 16.9 Å². The monoisotopic (exact) mass is 521 g/mol. The van der Waals surface area contributed by atoms with Crippen LogP contribution < -0.4 is 5.32 Å². The highest BCUT2D eigenvalue weighted by atomic mass is 35.5. The summed E-state index contributed by atoms with van der Waals surface area (Å²) >= 11 is 6.49. The van der Waals surface area contributed by atoms with Crippen LogP contribution >= 0.6 is 11.6 Å². The third kappa shape index (κ3) is 4.97. The molecule has 192 valence electrons. The Morgan fingerprint density at radius 3 is 2.89 bits per heavy atom. The number of ketones is 1. The van der Waals surface area contributed by atoms with Crippen molar-refractivity contribution in [2.24, 2.45) is 11.8 Å². The molecule has 0 radical (unpaired) electrons. The number of pyridine rings is 1. The molecule has 37 heavy (non-hydrogen) atoms. The highest BCUT2D eigenvalue weighted by Crippen LogP contribution is 2.39. The second kappa shape index (κ2) is 9.86. The van der Waals surface area contributed by atoms with Crippen molar-refractivity contribution >= 4 is 40.1 Å². The molecule has 2 aliphatic rings. The van der Waals surface area contributed by atoms with Gasteiger partial charge in [0, 0.05) is 36.1 Å². The van der Waals surface area contributed by atoms with Crippen LogP contribution in [0.1, 0.15) is 64.6 Å². The molecule has 1 saturated carbocycles. The van der Waals surface area contributed by atoms with E-state index in [1.165, 1.54) is 12.3 Å². The molecule has 3 aromatic rings. The Morgan fingerprint density at radius 2 is 2.11 bits per heavy atom. The number of anilines is 1. The van der Waals surface area contributed by atoms with E-state index in [1.807, 2.05) is 12.1 Å². The summed E-state index contributed by atoms with van der Waals surface area (Å²) < 4.78 is 17.3. The predicted octanol–water partition coefficient (Wildman–Crippen LogP) is 6.19. The summed E-state index contributed by atoms with van der Waals surface area (Å²) in [6.07, 6.45) is 6.53. The summed E-state index contributed by atoms with van der Waals surface area (Å²) in [4.78, 5) is 33.8. The smallest absolute Gasteiger partial charge is 0.228 e. The fraction of sp³-hybridized carbons (Fsp3) is 0.464. The summed E-state index contributed by atoms with van der Waals surface area (Å²) in [6, 6.07) is 6.90. The third-order valence-electron chi connectivity index (χ3n) is 7.71. The molecule has 9 heteroatoms. The minimum absolute atomic E-state index is 0.0750. The van der Waals surface area contributed by atoms with Crippen molar-refractivity contribution in [2.45, 2.75) is 70.8 Å². The number of carbonyl (C=O) groups is 2. The molecule has 1 fully saturated rings. The van der Waals surface area contributed by atoms with Gasteiger partial charge >= 0.3 is 0 Å². The van der Waals surface area contributed by atoms with Crippen LogP contribution in [0.5, 0.6) is 0 Å². The molecule has 0 unspecified atom stereocenters. The van der Waals surface area contributed by atoms with Crippen LogP contribution in [-0.4, -0.2) is 26.2 Å². The fourth-order valence-corrected chi connectivity index (χ4v) is 6.08. The topological polar surface area (TPSA) is 101 Å². The van der Waals surface area contributed by atoms with E-state index in [1.54, 1.807) is 6.07 Å².